The van der Waals surface area contributed by atoms with Crippen molar-refractivity contribution in [3.63, 3.8) is 0 Å². The summed E-state index contributed by atoms with van der Waals surface area (Å²) in [7, 11) is 0. The smallest absolute Gasteiger partial charge is 0.876 e. The molecule has 0 aromatic rings. The Morgan fingerprint density at radius 3 is 1.88 bits per heavy atom. The monoisotopic (exact) mass is 206 g/mol. The molecule has 50 valence electrons. The Morgan fingerprint density at radius 2 is 1.88 bits per heavy atom. The van der Waals surface area contributed by atoms with E-state index in [0.717, 1.165) is 6.08 Å². The summed E-state index contributed by atoms with van der Waals surface area (Å²) in [5, 5.41) is 9.98. The number of carbonyl (C=O) groups excluding carboxylic acids is 1. The largest absolute Gasteiger partial charge is 1.00 e. The summed E-state index contributed by atoms with van der Waals surface area (Å²) in [6.07, 6.45) is 1.06. The van der Waals surface area contributed by atoms with Crippen LogP contribution in [0, 0.1) is 0 Å². The minimum Gasteiger partial charge on any atom is -0.876 e. The second kappa shape index (κ2) is 5.09. The zero-order valence-corrected chi connectivity index (χ0v) is 6.18. The van der Waals surface area contributed by atoms with E-state index in [9.17, 15) is 9.90 Å². The molecule has 0 aromatic carbocycles. The van der Waals surface area contributed by atoms with Crippen molar-refractivity contribution in [1.29, 1.82) is 0 Å². The summed E-state index contributed by atoms with van der Waals surface area (Å²) in [6.45, 7) is 2.70. The van der Waals surface area contributed by atoms with Gasteiger partial charge < -0.3 is 5.11 Å². The molecule has 0 saturated carbocycles. The van der Waals surface area contributed by atoms with Crippen LogP contribution in [0.3, 0.4) is 0 Å². The first-order valence-corrected chi connectivity index (χ1v) is 1.99. The Labute approximate surface area is 64.1 Å². The molecule has 0 rings (SSSR count). The number of hydrogen-bond donors (Lipinski definition) is 0. The first-order valence-electron chi connectivity index (χ1n) is 1.99. The minimum atomic E-state index is -0.187. The number of allylic oxidation sites excluding steroid dienone is 2. The molecule has 0 spiro atoms. The van der Waals surface area contributed by atoms with Gasteiger partial charge in [0.2, 0.25) is 0 Å². The van der Waals surface area contributed by atoms with Gasteiger partial charge in [-0.15, -0.1) is 5.76 Å². The van der Waals surface area contributed by atoms with E-state index in [1.165, 1.54) is 13.8 Å². The van der Waals surface area contributed by atoms with E-state index in [4.69, 9.17) is 0 Å². The second-order valence-electron chi connectivity index (χ2n) is 1.37. The zero-order chi connectivity index (χ0) is 5.86. The molecule has 0 fully saturated rings. The van der Waals surface area contributed by atoms with Crippen LogP contribution in [-0.2, 0) is 27.2 Å². The molecule has 0 bridgehead atoms. The third kappa shape index (κ3) is 9.34. The summed E-state index contributed by atoms with van der Waals surface area (Å²) >= 11 is 0. The van der Waals surface area contributed by atoms with E-state index < -0.39 is 0 Å². The molecule has 0 aliphatic heterocycles. The maximum atomic E-state index is 9.98. The first-order chi connectivity index (χ1) is 3.13. The van der Waals surface area contributed by atoms with Crippen LogP contribution in [0.15, 0.2) is 11.8 Å². The van der Waals surface area contributed by atoms with Crippen molar-refractivity contribution in [3.8, 4) is 0 Å². The van der Waals surface area contributed by atoms with Gasteiger partial charge in [-0.05, 0) is 13.0 Å². The van der Waals surface area contributed by atoms with Crippen LogP contribution in [0.1, 0.15) is 13.8 Å². The normalized spacial score (nSPS) is 10.0. The standard InChI is InChI=1S/C5H8O2.Ag/c1-4(6)3-5(2)7;/h3,6H,1-2H3;/q;+1/p-1/b4-3-;. The van der Waals surface area contributed by atoms with E-state index in [1.807, 2.05) is 0 Å². The fraction of sp³-hybridized carbons (Fsp3) is 0.400. The molecular weight excluding hydrogens is 200 g/mol. The van der Waals surface area contributed by atoms with Crippen LogP contribution in [-0.4, -0.2) is 5.78 Å². The van der Waals surface area contributed by atoms with E-state index in [-0.39, 0.29) is 33.9 Å². The average Bonchev–Trinajstić information content (AvgIpc) is 1.27. The van der Waals surface area contributed by atoms with Crippen molar-refractivity contribution in [2.45, 2.75) is 13.8 Å². The molecule has 0 aromatic heterocycles. The van der Waals surface area contributed by atoms with Gasteiger partial charge in [-0.2, -0.15) is 0 Å². The van der Waals surface area contributed by atoms with Crippen molar-refractivity contribution >= 4 is 5.78 Å². The molecule has 0 unspecified atom stereocenters. The summed E-state index contributed by atoms with van der Waals surface area (Å²) in [5.74, 6) is -0.375. The van der Waals surface area contributed by atoms with Gasteiger partial charge in [0.15, 0.2) is 5.78 Å². The molecule has 2 nitrogen and oxygen atoms in total. The topological polar surface area (TPSA) is 40.1 Å². The minimum absolute atomic E-state index is 0. The Kier molecular flexibility index (Phi) is 6.91. The van der Waals surface area contributed by atoms with E-state index >= 15 is 0 Å². The fourth-order valence-corrected chi connectivity index (χ4v) is 0.286. The molecular formula is C5H7AgO2. The molecule has 0 aliphatic carbocycles. The second-order valence-corrected chi connectivity index (χ2v) is 1.37. The van der Waals surface area contributed by atoms with Crippen LogP contribution in [0.4, 0.5) is 0 Å². The molecule has 0 radical (unpaired) electrons. The van der Waals surface area contributed by atoms with Gasteiger partial charge in [0.25, 0.3) is 0 Å². The van der Waals surface area contributed by atoms with E-state index in [1.54, 1.807) is 0 Å². The molecule has 0 aliphatic rings. The molecule has 0 saturated heterocycles. The molecule has 0 heterocycles. The summed E-state index contributed by atoms with van der Waals surface area (Å²) in [6, 6.07) is 0. The van der Waals surface area contributed by atoms with Crippen molar-refractivity contribution < 1.29 is 32.3 Å². The van der Waals surface area contributed by atoms with E-state index in [0.29, 0.717) is 0 Å². The fourth-order valence-electron chi connectivity index (χ4n) is 0.286. The number of carbonyl (C=O) groups is 1. The number of rotatable bonds is 1. The van der Waals surface area contributed by atoms with Crippen molar-refractivity contribution in [2.24, 2.45) is 0 Å². The van der Waals surface area contributed by atoms with Crippen LogP contribution in [0.25, 0.3) is 0 Å². The molecule has 8 heavy (non-hydrogen) atoms. The maximum absolute atomic E-state index is 9.98. The van der Waals surface area contributed by atoms with Crippen LogP contribution < -0.4 is 5.11 Å². The predicted octanol–water partition coefficient (Wildman–Crippen LogP) is -0.163. The summed E-state index contributed by atoms with van der Waals surface area (Å²) in [4.78, 5) is 9.98. The van der Waals surface area contributed by atoms with Crippen LogP contribution >= 0.6 is 0 Å². The average molecular weight is 207 g/mol. The Balaban J connectivity index is 0. The van der Waals surface area contributed by atoms with Crippen molar-refractivity contribution in [2.75, 3.05) is 0 Å². The summed E-state index contributed by atoms with van der Waals surface area (Å²) < 4.78 is 0. The Morgan fingerprint density at radius 1 is 1.50 bits per heavy atom. The van der Waals surface area contributed by atoms with Gasteiger partial charge in [-0.25, -0.2) is 0 Å². The van der Waals surface area contributed by atoms with Crippen LogP contribution in [0.5, 0.6) is 0 Å². The van der Waals surface area contributed by atoms with Gasteiger partial charge in [0, 0.05) is 0 Å². The zero-order valence-electron chi connectivity index (χ0n) is 4.70. The Bertz CT molecular complexity index is 103. The van der Waals surface area contributed by atoms with Crippen molar-refractivity contribution in [1.82, 2.24) is 0 Å². The molecule has 0 amide bonds. The van der Waals surface area contributed by atoms with Gasteiger partial charge in [-0.3, -0.25) is 4.79 Å². The SMILES string of the molecule is CC(=O)/C=C(/C)[O-].[Ag+]. The van der Waals surface area contributed by atoms with Crippen LogP contribution in [0.2, 0.25) is 0 Å². The third-order valence-corrected chi connectivity index (χ3v) is 0.407. The first kappa shape index (κ1) is 10.8. The van der Waals surface area contributed by atoms with Gasteiger partial charge >= 0.3 is 22.4 Å². The molecule has 0 N–H and O–H groups in total. The third-order valence-electron chi connectivity index (χ3n) is 0.407. The van der Waals surface area contributed by atoms with Gasteiger partial charge in [0.05, 0.1) is 0 Å². The molecule has 3 heteroatoms. The van der Waals surface area contributed by atoms with Gasteiger partial charge in [0.1, 0.15) is 0 Å². The summed E-state index contributed by atoms with van der Waals surface area (Å²) in [5.41, 5.74) is 0. The van der Waals surface area contributed by atoms with Crippen molar-refractivity contribution in [3.05, 3.63) is 11.8 Å². The molecule has 0 atom stereocenters. The number of ketones is 1. The predicted molar refractivity (Wildman–Crippen MR) is 24.4 cm³/mol. The van der Waals surface area contributed by atoms with E-state index in [2.05, 4.69) is 0 Å². The van der Waals surface area contributed by atoms with Gasteiger partial charge in [-0.1, -0.05) is 6.92 Å². The Hall–Kier alpha value is -0.0497. The maximum Gasteiger partial charge on any atom is 1.00 e. The quantitative estimate of drug-likeness (QED) is 0.340. The number of hydrogen-bond acceptors (Lipinski definition) is 2.